The maximum atomic E-state index is 12.4. The number of rotatable bonds is 4. The number of ether oxygens (including phenoxy) is 2. The second-order valence-electron chi connectivity index (χ2n) is 6.05. The van der Waals surface area contributed by atoms with Crippen molar-refractivity contribution in [2.24, 2.45) is 0 Å². The van der Waals surface area contributed by atoms with Gasteiger partial charge in [-0.15, -0.1) is 0 Å². The SMILES string of the molecule is CC1(C)OC(=O)C(=C(Nc2ccccc2)Nc2ccc(Br)cc2)C(=O)O1. The number of carbonyl (C=O) groups is 2. The quantitative estimate of drug-likeness (QED) is 0.445. The molecular formula is C19H17BrN2O4. The molecule has 0 spiro atoms. The van der Waals surface area contributed by atoms with Gasteiger partial charge in [0.2, 0.25) is 0 Å². The van der Waals surface area contributed by atoms with Crippen LogP contribution in [-0.2, 0) is 19.1 Å². The van der Waals surface area contributed by atoms with E-state index in [-0.39, 0.29) is 11.4 Å². The number of nitrogens with one attached hydrogen (secondary N) is 2. The number of hydrogen-bond acceptors (Lipinski definition) is 6. The summed E-state index contributed by atoms with van der Waals surface area (Å²) in [4.78, 5) is 24.9. The summed E-state index contributed by atoms with van der Waals surface area (Å²) in [5, 5.41) is 6.11. The van der Waals surface area contributed by atoms with Crippen LogP contribution in [0.15, 0.2) is 70.5 Å². The minimum Gasteiger partial charge on any atom is -0.419 e. The standard InChI is InChI=1S/C19H17BrN2O4/c1-19(2)25-17(23)15(18(24)26-19)16(21-13-6-4-3-5-7-13)22-14-10-8-12(20)9-11-14/h3-11,21-22H,1-2H3. The molecule has 26 heavy (non-hydrogen) atoms. The van der Waals surface area contributed by atoms with E-state index in [1.165, 1.54) is 13.8 Å². The highest BCUT2D eigenvalue weighted by Gasteiger charge is 2.41. The molecule has 2 aromatic rings. The van der Waals surface area contributed by atoms with Crippen molar-refractivity contribution in [1.29, 1.82) is 0 Å². The van der Waals surface area contributed by atoms with Crippen molar-refractivity contribution in [2.75, 3.05) is 10.6 Å². The molecule has 0 atom stereocenters. The topological polar surface area (TPSA) is 76.7 Å². The number of halogens is 1. The lowest BCUT2D eigenvalue weighted by molar-refractivity contribution is -0.222. The highest BCUT2D eigenvalue weighted by Crippen LogP contribution is 2.26. The maximum absolute atomic E-state index is 12.4. The molecule has 1 fully saturated rings. The van der Waals surface area contributed by atoms with Gasteiger partial charge in [-0.25, -0.2) is 9.59 Å². The fourth-order valence-electron chi connectivity index (χ4n) is 2.36. The Labute approximate surface area is 159 Å². The van der Waals surface area contributed by atoms with Crippen LogP contribution in [0.5, 0.6) is 0 Å². The molecule has 0 amide bonds. The van der Waals surface area contributed by atoms with Crippen LogP contribution in [0.4, 0.5) is 11.4 Å². The molecule has 6 nitrogen and oxygen atoms in total. The van der Waals surface area contributed by atoms with Crippen molar-refractivity contribution in [3.8, 4) is 0 Å². The number of para-hydroxylation sites is 1. The number of esters is 2. The van der Waals surface area contributed by atoms with Crippen LogP contribution in [0.2, 0.25) is 0 Å². The Morgan fingerprint density at radius 3 is 1.88 bits per heavy atom. The molecule has 3 rings (SSSR count). The molecular weight excluding hydrogens is 400 g/mol. The summed E-state index contributed by atoms with van der Waals surface area (Å²) in [5.74, 6) is -2.62. The smallest absolute Gasteiger partial charge is 0.352 e. The van der Waals surface area contributed by atoms with Gasteiger partial charge < -0.3 is 20.1 Å². The monoisotopic (exact) mass is 416 g/mol. The van der Waals surface area contributed by atoms with E-state index in [1.807, 2.05) is 42.5 Å². The first-order valence-electron chi connectivity index (χ1n) is 7.90. The Morgan fingerprint density at radius 2 is 1.35 bits per heavy atom. The molecule has 0 aromatic heterocycles. The van der Waals surface area contributed by atoms with Gasteiger partial charge in [-0.1, -0.05) is 34.1 Å². The van der Waals surface area contributed by atoms with Crippen molar-refractivity contribution in [1.82, 2.24) is 0 Å². The molecule has 7 heteroatoms. The van der Waals surface area contributed by atoms with Gasteiger partial charge in [-0.05, 0) is 36.4 Å². The summed E-state index contributed by atoms with van der Waals surface area (Å²) in [5.41, 5.74) is 1.16. The van der Waals surface area contributed by atoms with E-state index in [4.69, 9.17) is 9.47 Å². The molecule has 2 N–H and O–H groups in total. The largest absolute Gasteiger partial charge is 0.419 e. The van der Waals surface area contributed by atoms with Gasteiger partial charge in [0.25, 0.3) is 5.79 Å². The van der Waals surface area contributed by atoms with E-state index in [0.29, 0.717) is 11.4 Å². The third kappa shape index (κ3) is 4.23. The summed E-state index contributed by atoms with van der Waals surface area (Å²) in [6, 6.07) is 16.5. The fourth-order valence-corrected chi connectivity index (χ4v) is 2.62. The maximum Gasteiger partial charge on any atom is 0.352 e. The third-order valence-corrected chi connectivity index (χ3v) is 4.02. The van der Waals surface area contributed by atoms with Gasteiger partial charge in [0.15, 0.2) is 5.57 Å². The molecule has 134 valence electrons. The Morgan fingerprint density at radius 1 is 0.846 bits per heavy atom. The number of hydrogen-bond donors (Lipinski definition) is 2. The molecule has 0 bridgehead atoms. The first-order valence-corrected chi connectivity index (χ1v) is 8.69. The average molecular weight is 417 g/mol. The van der Waals surface area contributed by atoms with E-state index >= 15 is 0 Å². The van der Waals surface area contributed by atoms with Crippen LogP contribution >= 0.6 is 15.9 Å². The zero-order valence-electron chi connectivity index (χ0n) is 14.2. The Balaban J connectivity index is 2.00. The predicted molar refractivity (Wildman–Crippen MR) is 101 cm³/mol. The van der Waals surface area contributed by atoms with Gasteiger partial charge in [0.1, 0.15) is 5.82 Å². The summed E-state index contributed by atoms with van der Waals surface area (Å²) < 4.78 is 11.3. The van der Waals surface area contributed by atoms with Crippen molar-refractivity contribution < 1.29 is 19.1 Å². The van der Waals surface area contributed by atoms with Gasteiger partial charge in [0, 0.05) is 29.7 Å². The number of carbonyl (C=O) groups excluding carboxylic acids is 2. The van der Waals surface area contributed by atoms with Crippen molar-refractivity contribution in [3.63, 3.8) is 0 Å². The summed E-state index contributed by atoms with van der Waals surface area (Å²) in [7, 11) is 0. The number of cyclic esters (lactones) is 2. The highest BCUT2D eigenvalue weighted by atomic mass is 79.9. The van der Waals surface area contributed by atoms with Crippen LogP contribution in [0, 0.1) is 0 Å². The zero-order chi connectivity index (χ0) is 18.7. The van der Waals surface area contributed by atoms with Crippen LogP contribution < -0.4 is 10.6 Å². The van der Waals surface area contributed by atoms with Crippen LogP contribution in [0.1, 0.15) is 13.8 Å². The fraction of sp³-hybridized carbons (Fsp3) is 0.158. The van der Waals surface area contributed by atoms with E-state index < -0.39 is 17.7 Å². The van der Waals surface area contributed by atoms with Crippen LogP contribution in [-0.4, -0.2) is 17.7 Å². The van der Waals surface area contributed by atoms with E-state index in [0.717, 1.165) is 4.47 Å². The second-order valence-corrected chi connectivity index (χ2v) is 6.97. The third-order valence-electron chi connectivity index (χ3n) is 3.49. The van der Waals surface area contributed by atoms with Crippen molar-refractivity contribution in [3.05, 3.63) is 70.5 Å². The Bertz CT molecular complexity index is 839. The molecule has 1 aliphatic heterocycles. The van der Waals surface area contributed by atoms with E-state index in [9.17, 15) is 9.59 Å². The van der Waals surface area contributed by atoms with E-state index in [1.54, 1.807) is 12.1 Å². The van der Waals surface area contributed by atoms with E-state index in [2.05, 4.69) is 26.6 Å². The minimum atomic E-state index is -1.30. The molecule has 0 saturated carbocycles. The van der Waals surface area contributed by atoms with Crippen LogP contribution in [0.25, 0.3) is 0 Å². The highest BCUT2D eigenvalue weighted by molar-refractivity contribution is 9.10. The average Bonchev–Trinajstić information content (AvgIpc) is 2.56. The lowest BCUT2D eigenvalue weighted by Gasteiger charge is -2.31. The normalized spacial score (nSPS) is 15.7. The summed E-state index contributed by atoms with van der Waals surface area (Å²) in [6.45, 7) is 3.01. The Kier molecular flexibility index (Phi) is 4.99. The lowest BCUT2D eigenvalue weighted by atomic mass is 10.2. The van der Waals surface area contributed by atoms with Gasteiger partial charge >= 0.3 is 11.9 Å². The molecule has 0 unspecified atom stereocenters. The van der Waals surface area contributed by atoms with Crippen molar-refractivity contribution >= 4 is 39.2 Å². The summed E-state index contributed by atoms with van der Waals surface area (Å²) >= 11 is 3.37. The first-order chi connectivity index (χ1) is 12.3. The van der Waals surface area contributed by atoms with Crippen LogP contribution in [0.3, 0.4) is 0 Å². The molecule has 0 radical (unpaired) electrons. The van der Waals surface area contributed by atoms with Gasteiger partial charge in [-0.3, -0.25) is 0 Å². The zero-order valence-corrected chi connectivity index (χ0v) is 15.8. The first kappa shape index (κ1) is 18.0. The number of anilines is 2. The molecule has 1 heterocycles. The second kappa shape index (κ2) is 7.21. The van der Waals surface area contributed by atoms with Crippen molar-refractivity contribution in [2.45, 2.75) is 19.6 Å². The number of benzene rings is 2. The lowest BCUT2D eigenvalue weighted by Crippen LogP contribution is -2.43. The molecule has 1 saturated heterocycles. The Hall–Kier alpha value is -2.80. The molecule has 0 aliphatic carbocycles. The minimum absolute atomic E-state index is 0.184. The predicted octanol–water partition coefficient (Wildman–Crippen LogP) is 4.02. The van der Waals surface area contributed by atoms with Gasteiger partial charge in [-0.2, -0.15) is 0 Å². The molecule has 1 aliphatic rings. The van der Waals surface area contributed by atoms with Gasteiger partial charge in [0.05, 0.1) is 0 Å². The summed E-state index contributed by atoms with van der Waals surface area (Å²) in [6.07, 6.45) is 0. The molecule has 2 aromatic carbocycles.